The van der Waals surface area contributed by atoms with Crippen LogP contribution in [-0.4, -0.2) is 38.0 Å². The number of hydrogen-bond donors (Lipinski definition) is 1. The topological polar surface area (TPSA) is 58.6 Å². The lowest BCUT2D eigenvalue weighted by atomic mass is 10.1. The molecule has 1 aromatic rings. The van der Waals surface area contributed by atoms with Gasteiger partial charge in [0.25, 0.3) is 11.7 Å². The number of ketones is 1. The van der Waals surface area contributed by atoms with Gasteiger partial charge in [-0.1, -0.05) is 11.6 Å². The summed E-state index contributed by atoms with van der Waals surface area (Å²) in [6.45, 7) is 5.19. The lowest BCUT2D eigenvalue weighted by molar-refractivity contribution is -0.112. The molecule has 1 aliphatic rings. The fourth-order valence-corrected chi connectivity index (χ4v) is 2.30. The van der Waals surface area contributed by atoms with Gasteiger partial charge in [-0.15, -0.1) is 0 Å². The second-order valence-electron chi connectivity index (χ2n) is 4.97. The maximum atomic E-state index is 11.6. The van der Waals surface area contributed by atoms with E-state index in [2.05, 4.69) is 5.32 Å². The zero-order valence-electron chi connectivity index (χ0n) is 11.7. The van der Waals surface area contributed by atoms with Crippen LogP contribution in [0.1, 0.15) is 24.2 Å². The van der Waals surface area contributed by atoms with Crippen LogP contribution in [0.15, 0.2) is 12.1 Å². The van der Waals surface area contributed by atoms with Crippen LogP contribution in [0, 0.1) is 0 Å². The first kappa shape index (κ1) is 14.8. The van der Waals surface area contributed by atoms with Crippen LogP contribution in [0.5, 0.6) is 0 Å². The van der Waals surface area contributed by atoms with Crippen LogP contribution in [-0.2, 0) is 9.53 Å². The van der Waals surface area contributed by atoms with E-state index >= 15 is 0 Å². The SMILES string of the molecule is CC(C)OCCN(C)c1cc2c(cc1Cl)C(=O)C(=O)N2. The molecule has 0 unspecified atom stereocenters. The van der Waals surface area contributed by atoms with Crippen molar-refractivity contribution in [1.29, 1.82) is 0 Å². The maximum absolute atomic E-state index is 11.6. The van der Waals surface area contributed by atoms with Crippen LogP contribution in [0.25, 0.3) is 0 Å². The second kappa shape index (κ2) is 5.81. The Hall–Kier alpha value is -1.59. The summed E-state index contributed by atoms with van der Waals surface area (Å²) >= 11 is 6.18. The Bertz CT molecular complexity index is 558. The first-order chi connectivity index (χ1) is 9.40. The van der Waals surface area contributed by atoms with E-state index < -0.39 is 11.7 Å². The number of likely N-dealkylation sites (N-methyl/N-ethyl adjacent to an activating group) is 1. The van der Waals surface area contributed by atoms with E-state index in [0.717, 1.165) is 5.69 Å². The van der Waals surface area contributed by atoms with Gasteiger partial charge in [0.15, 0.2) is 0 Å². The van der Waals surface area contributed by atoms with Crippen molar-refractivity contribution < 1.29 is 14.3 Å². The number of carbonyl (C=O) groups is 2. The molecule has 0 radical (unpaired) electrons. The number of halogens is 1. The predicted octanol–water partition coefficient (Wildman–Crippen LogP) is 2.34. The van der Waals surface area contributed by atoms with Crippen molar-refractivity contribution in [3.8, 4) is 0 Å². The molecule has 1 heterocycles. The van der Waals surface area contributed by atoms with Crippen molar-refractivity contribution in [2.24, 2.45) is 0 Å². The Kier molecular flexibility index (Phi) is 4.30. The van der Waals surface area contributed by atoms with E-state index in [1.807, 2.05) is 25.8 Å². The van der Waals surface area contributed by atoms with Gasteiger partial charge in [0.1, 0.15) is 0 Å². The summed E-state index contributed by atoms with van der Waals surface area (Å²) in [6.07, 6.45) is 0.177. The van der Waals surface area contributed by atoms with E-state index in [1.165, 1.54) is 6.07 Å². The van der Waals surface area contributed by atoms with E-state index in [1.54, 1.807) is 6.07 Å². The van der Waals surface area contributed by atoms with Crippen LogP contribution in [0.4, 0.5) is 11.4 Å². The van der Waals surface area contributed by atoms with Gasteiger partial charge in [-0.05, 0) is 26.0 Å². The van der Waals surface area contributed by atoms with E-state index in [-0.39, 0.29) is 6.10 Å². The zero-order chi connectivity index (χ0) is 14.9. The van der Waals surface area contributed by atoms with E-state index in [4.69, 9.17) is 16.3 Å². The van der Waals surface area contributed by atoms with Crippen LogP contribution in [0.3, 0.4) is 0 Å². The molecule has 1 N–H and O–H groups in total. The van der Waals surface area contributed by atoms with E-state index in [9.17, 15) is 9.59 Å². The van der Waals surface area contributed by atoms with Gasteiger partial charge in [0.2, 0.25) is 0 Å². The lowest BCUT2D eigenvalue weighted by Crippen LogP contribution is -2.24. The largest absolute Gasteiger partial charge is 0.377 e. The van der Waals surface area contributed by atoms with Crippen LogP contribution in [0.2, 0.25) is 5.02 Å². The molecule has 0 saturated carbocycles. The summed E-state index contributed by atoms with van der Waals surface area (Å²) in [4.78, 5) is 24.8. The Morgan fingerprint density at radius 1 is 1.35 bits per heavy atom. The molecule has 20 heavy (non-hydrogen) atoms. The smallest absolute Gasteiger partial charge is 0.296 e. The molecule has 0 aromatic heterocycles. The Balaban J connectivity index is 2.15. The Morgan fingerprint density at radius 2 is 2.05 bits per heavy atom. The molecule has 5 nitrogen and oxygen atoms in total. The first-order valence-corrected chi connectivity index (χ1v) is 6.80. The zero-order valence-corrected chi connectivity index (χ0v) is 12.5. The molecule has 2 rings (SSSR count). The van der Waals surface area contributed by atoms with Gasteiger partial charge in [0.05, 0.1) is 34.7 Å². The van der Waals surface area contributed by atoms with Crippen molar-refractivity contribution in [3.05, 3.63) is 22.7 Å². The first-order valence-electron chi connectivity index (χ1n) is 6.42. The highest BCUT2D eigenvalue weighted by atomic mass is 35.5. The number of nitrogens with zero attached hydrogens (tertiary/aromatic N) is 1. The summed E-state index contributed by atoms with van der Waals surface area (Å²) < 4.78 is 5.49. The van der Waals surface area contributed by atoms with Gasteiger partial charge < -0.3 is 15.0 Å². The molecule has 108 valence electrons. The number of fused-ring (bicyclic) bond motifs is 1. The van der Waals surface area contributed by atoms with Crippen molar-refractivity contribution in [3.63, 3.8) is 0 Å². The van der Waals surface area contributed by atoms with Crippen LogP contribution < -0.4 is 10.2 Å². The molecule has 0 aliphatic carbocycles. The molecule has 0 saturated heterocycles. The quantitative estimate of drug-likeness (QED) is 0.847. The highest BCUT2D eigenvalue weighted by Crippen LogP contribution is 2.34. The minimum atomic E-state index is -0.612. The minimum Gasteiger partial charge on any atom is -0.377 e. The van der Waals surface area contributed by atoms with Gasteiger partial charge in [-0.25, -0.2) is 0 Å². The monoisotopic (exact) mass is 296 g/mol. The normalized spacial score (nSPS) is 13.7. The standard InChI is InChI=1S/C14H17ClN2O3/c1-8(2)20-5-4-17(3)12-7-11-9(6-10(12)15)13(18)14(19)16-11/h6-8H,4-5H2,1-3H3,(H,16,18,19). The highest BCUT2D eigenvalue weighted by molar-refractivity contribution is 6.52. The molecule has 1 aliphatic heterocycles. The number of amides is 1. The minimum absolute atomic E-state index is 0.177. The third-order valence-electron chi connectivity index (χ3n) is 3.08. The van der Waals surface area contributed by atoms with Gasteiger partial charge in [-0.2, -0.15) is 0 Å². The molecule has 0 atom stereocenters. The van der Waals surface area contributed by atoms with Crippen LogP contribution >= 0.6 is 11.6 Å². The van der Waals surface area contributed by atoms with Gasteiger partial charge in [0, 0.05) is 13.6 Å². The summed E-state index contributed by atoms with van der Waals surface area (Å²) in [5, 5.41) is 2.98. The third-order valence-corrected chi connectivity index (χ3v) is 3.38. The molecule has 0 fully saturated rings. The molecule has 0 spiro atoms. The third kappa shape index (κ3) is 2.94. The molecule has 6 heteroatoms. The highest BCUT2D eigenvalue weighted by Gasteiger charge is 2.29. The Labute approximate surface area is 122 Å². The number of Topliss-reactive ketones (excluding diaryl/α,β-unsaturated/α-hetero) is 1. The molecular weight excluding hydrogens is 280 g/mol. The number of benzene rings is 1. The average molecular weight is 297 g/mol. The lowest BCUT2D eigenvalue weighted by Gasteiger charge is -2.22. The van der Waals surface area contributed by atoms with Crippen molar-refractivity contribution in [2.75, 3.05) is 30.4 Å². The summed E-state index contributed by atoms with van der Waals surface area (Å²) in [5.41, 5.74) is 1.60. The summed E-state index contributed by atoms with van der Waals surface area (Å²) in [5.74, 6) is -1.15. The fraction of sp³-hybridized carbons (Fsp3) is 0.429. The molecule has 1 aromatic carbocycles. The Morgan fingerprint density at radius 3 is 2.70 bits per heavy atom. The molecule has 1 amide bonds. The molecule has 0 bridgehead atoms. The number of nitrogens with one attached hydrogen (secondary N) is 1. The predicted molar refractivity (Wildman–Crippen MR) is 78.8 cm³/mol. The maximum Gasteiger partial charge on any atom is 0.296 e. The van der Waals surface area contributed by atoms with Gasteiger partial charge >= 0.3 is 0 Å². The van der Waals surface area contributed by atoms with Gasteiger partial charge in [-0.3, -0.25) is 9.59 Å². The molecular formula is C14H17ClN2O3. The average Bonchev–Trinajstić information content (AvgIpc) is 2.64. The van der Waals surface area contributed by atoms with E-state index in [0.29, 0.717) is 29.4 Å². The second-order valence-corrected chi connectivity index (χ2v) is 5.38. The van der Waals surface area contributed by atoms with Crippen molar-refractivity contribution >= 4 is 34.7 Å². The number of ether oxygens (including phenoxy) is 1. The number of rotatable bonds is 5. The van der Waals surface area contributed by atoms with Crippen molar-refractivity contribution in [1.82, 2.24) is 0 Å². The summed E-state index contributed by atoms with van der Waals surface area (Å²) in [7, 11) is 1.88. The number of anilines is 2. The fourth-order valence-electron chi connectivity index (χ4n) is 1.99. The summed E-state index contributed by atoms with van der Waals surface area (Å²) in [6, 6.07) is 3.25. The van der Waals surface area contributed by atoms with Crippen molar-refractivity contribution in [2.45, 2.75) is 20.0 Å². The number of carbonyl (C=O) groups excluding carboxylic acids is 2. The number of hydrogen-bond acceptors (Lipinski definition) is 4.